The van der Waals surface area contributed by atoms with Gasteiger partial charge in [0, 0.05) is 19.8 Å². The fraction of sp³-hybridized carbons (Fsp3) is 0.150. The lowest BCUT2D eigenvalue weighted by Gasteiger charge is -2.09. The van der Waals surface area contributed by atoms with Gasteiger partial charge in [0.25, 0.3) is 20.0 Å². The third kappa shape index (κ3) is 5.33. The van der Waals surface area contributed by atoms with E-state index in [4.69, 9.17) is 9.15 Å². The number of carbonyl (C=O) groups excluding carboxylic acids is 1. The Morgan fingerprint density at radius 2 is 1.72 bits per heavy atom. The predicted octanol–water partition coefficient (Wildman–Crippen LogP) is 2.83. The third-order valence-corrected chi connectivity index (χ3v) is 7.26. The molecule has 2 aromatic carbocycles. The van der Waals surface area contributed by atoms with Crippen LogP contribution in [0.25, 0.3) is 0 Å². The molecule has 3 aromatic rings. The minimum absolute atomic E-state index is 0.0420. The number of carbonyl (C=O) groups is 1. The van der Waals surface area contributed by atoms with Crippen LogP contribution in [0.3, 0.4) is 0 Å². The molecule has 0 unspecified atom stereocenters. The highest BCUT2D eigenvalue weighted by Crippen LogP contribution is 2.20. The van der Waals surface area contributed by atoms with E-state index >= 15 is 0 Å². The molecule has 1 N–H and O–H groups in total. The maximum Gasteiger partial charge on any atom is 0.338 e. The van der Waals surface area contributed by atoms with Gasteiger partial charge in [0.2, 0.25) is 5.09 Å². The SMILES string of the molecule is CN(C)S(=O)(=O)c1ccc(COC(=O)c2cccc(S(=O)(=O)Nc3ccc(F)cc3)c2)o1. The van der Waals surface area contributed by atoms with Crippen molar-refractivity contribution < 1.29 is 35.2 Å². The second kappa shape index (κ2) is 9.10. The number of benzene rings is 2. The lowest BCUT2D eigenvalue weighted by molar-refractivity contribution is 0.0440. The minimum atomic E-state index is -4.04. The molecule has 0 aliphatic carbocycles. The summed E-state index contributed by atoms with van der Waals surface area (Å²) >= 11 is 0. The Bertz CT molecular complexity index is 1330. The number of ether oxygens (including phenoxy) is 1. The van der Waals surface area contributed by atoms with Crippen LogP contribution in [0.1, 0.15) is 16.1 Å². The number of hydrogen-bond donors (Lipinski definition) is 1. The normalized spacial score (nSPS) is 12.0. The molecule has 9 nitrogen and oxygen atoms in total. The monoisotopic (exact) mass is 482 g/mol. The van der Waals surface area contributed by atoms with Gasteiger partial charge in [-0.2, -0.15) is 0 Å². The summed E-state index contributed by atoms with van der Waals surface area (Å²) < 4.78 is 75.8. The summed E-state index contributed by atoms with van der Waals surface area (Å²) in [5.41, 5.74) is 0.111. The highest BCUT2D eigenvalue weighted by atomic mass is 32.2. The van der Waals surface area contributed by atoms with Gasteiger partial charge in [0.1, 0.15) is 18.2 Å². The number of anilines is 1. The molecule has 0 atom stereocenters. The summed E-state index contributed by atoms with van der Waals surface area (Å²) in [6.07, 6.45) is 0. The molecular formula is C20H19FN2O7S2. The zero-order valence-electron chi connectivity index (χ0n) is 17.0. The van der Waals surface area contributed by atoms with Crippen molar-refractivity contribution >= 4 is 31.7 Å². The molecule has 0 fully saturated rings. The smallest absolute Gasteiger partial charge is 0.338 e. The number of nitrogens with zero attached hydrogens (tertiary/aromatic N) is 1. The fourth-order valence-corrected chi connectivity index (χ4v) is 4.41. The Labute approximate surface area is 184 Å². The molecule has 0 spiro atoms. The molecule has 0 saturated carbocycles. The first-order chi connectivity index (χ1) is 15.0. The standard InChI is InChI=1S/C20H19FN2O7S2/c1-23(2)32(27,28)19-11-10-17(30-19)13-29-20(24)14-4-3-5-18(12-14)31(25,26)22-16-8-6-15(21)7-9-16/h3-12,22H,13H2,1-2H3. The zero-order valence-corrected chi connectivity index (χ0v) is 18.6. The minimum Gasteiger partial charge on any atom is -0.454 e. The summed E-state index contributed by atoms with van der Waals surface area (Å²) in [4.78, 5) is 12.2. The van der Waals surface area contributed by atoms with Crippen molar-refractivity contribution in [2.45, 2.75) is 16.6 Å². The van der Waals surface area contributed by atoms with E-state index < -0.39 is 31.8 Å². The molecule has 32 heavy (non-hydrogen) atoms. The Balaban J connectivity index is 1.70. The molecular weight excluding hydrogens is 463 g/mol. The lowest BCUT2D eigenvalue weighted by atomic mass is 10.2. The summed E-state index contributed by atoms with van der Waals surface area (Å²) in [5, 5.41) is -0.298. The van der Waals surface area contributed by atoms with Crippen LogP contribution >= 0.6 is 0 Å². The van der Waals surface area contributed by atoms with Gasteiger partial charge in [0.05, 0.1) is 10.5 Å². The maximum absolute atomic E-state index is 13.0. The number of rotatable bonds is 8. The van der Waals surface area contributed by atoms with Crippen molar-refractivity contribution in [3.05, 3.63) is 77.8 Å². The first kappa shape index (κ1) is 23.4. The van der Waals surface area contributed by atoms with Crippen LogP contribution in [0.4, 0.5) is 10.1 Å². The van der Waals surface area contributed by atoms with Crippen molar-refractivity contribution in [2.24, 2.45) is 0 Å². The second-order valence-electron chi connectivity index (χ2n) is 6.72. The van der Waals surface area contributed by atoms with Crippen LogP contribution in [0.5, 0.6) is 0 Å². The Morgan fingerprint density at radius 1 is 1.03 bits per heavy atom. The molecule has 1 aromatic heterocycles. The van der Waals surface area contributed by atoms with Crippen molar-refractivity contribution in [3.63, 3.8) is 0 Å². The van der Waals surface area contributed by atoms with Gasteiger partial charge < -0.3 is 9.15 Å². The Hall–Kier alpha value is -3.22. The van der Waals surface area contributed by atoms with Crippen molar-refractivity contribution in [1.29, 1.82) is 0 Å². The summed E-state index contributed by atoms with van der Waals surface area (Å²) in [7, 11) is -5.10. The van der Waals surface area contributed by atoms with Crippen molar-refractivity contribution in [2.75, 3.05) is 18.8 Å². The second-order valence-corrected chi connectivity index (χ2v) is 10.5. The summed E-state index contributed by atoms with van der Waals surface area (Å²) in [6.45, 7) is -0.355. The van der Waals surface area contributed by atoms with Crippen LogP contribution in [-0.2, 0) is 31.4 Å². The summed E-state index contributed by atoms with van der Waals surface area (Å²) in [5.74, 6) is -1.25. The number of hydrogen-bond acceptors (Lipinski definition) is 7. The van der Waals surface area contributed by atoms with E-state index in [-0.39, 0.29) is 33.6 Å². The molecule has 0 bridgehead atoms. The number of furan rings is 1. The average molecular weight is 483 g/mol. The third-order valence-electron chi connectivity index (χ3n) is 4.19. The molecule has 0 amide bonds. The molecule has 0 radical (unpaired) electrons. The van der Waals surface area contributed by atoms with E-state index in [1.54, 1.807) is 0 Å². The van der Waals surface area contributed by atoms with Gasteiger partial charge in [0.15, 0.2) is 0 Å². The first-order valence-electron chi connectivity index (χ1n) is 9.06. The predicted molar refractivity (Wildman–Crippen MR) is 112 cm³/mol. The van der Waals surface area contributed by atoms with E-state index in [2.05, 4.69) is 4.72 Å². The fourth-order valence-electron chi connectivity index (χ4n) is 2.50. The molecule has 12 heteroatoms. The van der Waals surface area contributed by atoms with Crippen LogP contribution < -0.4 is 4.72 Å². The molecule has 0 saturated heterocycles. The maximum atomic E-state index is 13.0. The van der Waals surface area contributed by atoms with Crippen LogP contribution in [0.2, 0.25) is 0 Å². The molecule has 3 rings (SSSR count). The molecule has 0 aliphatic heterocycles. The van der Waals surface area contributed by atoms with Gasteiger partial charge in [-0.1, -0.05) is 6.07 Å². The van der Waals surface area contributed by atoms with Gasteiger partial charge in [-0.15, -0.1) is 0 Å². The number of halogens is 1. The van der Waals surface area contributed by atoms with Crippen molar-refractivity contribution in [1.82, 2.24) is 4.31 Å². The van der Waals surface area contributed by atoms with E-state index in [1.165, 1.54) is 56.6 Å². The van der Waals surface area contributed by atoms with Gasteiger partial charge >= 0.3 is 5.97 Å². The van der Waals surface area contributed by atoms with Crippen LogP contribution in [-0.4, -0.2) is 41.2 Å². The highest BCUT2D eigenvalue weighted by molar-refractivity contribution is 7.92. The zero-order chi connectivity index (χ0) is 23.5. The summed E-state index contributed by atoms with van der Waals surface area (Å²) in [6, 6.07) is 12.5. The quantitative estimate of drug-likeness (QED) is 0.490. The molecule has 170 valence electrons. The molecule has 0 aliphatic rings. The number of sulfonamides is 2. The van der Waals surface area contributed by atoms with Gasteiger partial charge in [-0.25, -0.2) is 30.3 Å². The van der Waals surface area contributed by atoms with Crippen LogP contribution in [0, 0.1) is 5.82 Å². The van der Waals surface area contributed by atoms with E-state index in [9.17, 15) is 26.0 Å². The Kier molecular flexibility index (Phi) is 6.67. The first-order valence-corrected chi connectivity index (χ1v) is 12.0. The lowest BCUT2D eigenvalue weighted by Crippen LogP contribution is -2.21. The largest absolute Gasteiger partial charge is 0.454 e. The molecule has 1 heterocycles. The van der Waals surface area contributed by atoms with Gasteiger partial charge in [-0.05, 0) is 54.6 Å². The highest BCUT2D eigenvalue weighted by Gasteiger charge is 2.22. The van der Waals surface area contributed by atoms with E-state index in [0.717, 1.165) is 22.5 Å². The van der Waals surface area contributed by atoms with Crippen LogP contribution in [0.15, 0.2) is 75.1 Å². The number of esters is 1. The van der Waals surface area contributed by atoms with E-state index in [0.29, 0.717) is 0 Å². The van der Waals surface area contributed by atoms with Crippen molar-refractivity contribution in [3.8, 4) is 0 Å². The van der Waals surface area contributed by atoms with Gasteiger partial charge in [-0.3, -0.25) is 4.72 Å². The number of nitrogens with one attached hydrogen (secondary N) is 1. The topological polar surface area (TPSA) is 123 Å². The average Bonchev–Trinajstić information content (AvgIpc) is 3.23. The Morgan fingerprint density at radius 3 is 2.38 bits per heavy atom. The van der Waals surface area contributed by atoms with E-state index in [1.807, 2.05) is 0 Å².